The lowest BCUT2D eigenvalue weighted by atomic mass is 10.1. The first kappa shape index (κ1) is 31.0. The van der Waals surface area contributed by atoms with Gasteiger partial charge in [-0.1, -0.05) is 0 Å². The van der Waals surface area contributed by atoms with Crippen molar-refractivity contribution in [1.29, 1.82) is 0 Å². The molecular weight excluding hydrogens is 569 g/mol. The molecule has 2 aromatic rings. The number of ether oxygens (including phenoxy) is 5. The topological polar surface area (TPSA) is 154 Å². The minimum Gasteiger partial charge on any atom is -0.463 e. The molecule has 2 aliphatic rings. The minimum absolute atomic E-state index is 0.0282. The number of nitrogens with zero attached hydrogens (tertiary/aromatic N) is 4. The molecule has 16 heteroatoms. The van der Waals surface area contributed by atoms with Gasteiger partial charge < -0.3 is 38.0 Å². The van der Waals surface area contributed by atoms with Gasteiger partial charge in [0.2, 0.25) is 5.28 Å². The molecule has 2 saturated heterocycles. The van der Waals surface area contributed by atoms with Crippen LogP contribution < -0.4 is 5.32 Å². The third-order valence-electron chi connectivity index (χ3n) is 6.44. The van der Waals surface area contributed by atoms with Crippen LogP contribution >= 0.6 is 19.2 Å². The molecule has 4 heterocycles. The zero-order valence-electron chi connectivity index (χ0n) is 23.7. The van der Waals surface area contributed by atoms with Crippen LogP contribution in [-0.2, 0) is 42.1 Å². The lowest BCUT2D eigenvalue weighted by Gasteiger charge is -2.34. The third-order valence-corrected chi connectivity index (χ3v) is 9.16. The Labute approximate surface area is 237 Å². The van der Waals surface area contributed by atoms with Crippen molar-refractivity contribution in [3.05, 3.63) is 11.6 Å². The molecular formula is C24H37ClN5O9P. The summed E-state index contributed by atoms with van der Waals surface area (Å²) < 4.78 is 56.5. The molecule has 0 bridgehead atoms. The van der Waals surface area contributed by atoms with Gasteiger partial charge in [-0.2, -0.15) is 9.97 Å². The number of nitrogens with one attached hydrogen (secondary N) is 1. The summed E-state index contributed by atoms with van der Waals surface area (Å²) in [6.07, 6.45) is -1.16. The summed E-state index contributed by atoms with van der Waals surface area (Å²) >= 11 is 6.22. The summed E-state index contributed by atoms with van der Waals surface area (Å²) in [5, 5.41) is 1.11. The molecule has 2 fully saturated rings. The van der Waals surface area contributed by atoms with E-state index >= 15 is 0 Å². The SMILES string of the molecule is CCNc1nc(Cl)nc2c1ncn2[C@@H]1O[C@H](COC(C)(C(=O)OCC)P(=O)(OCC)OCC)[C@H]2OC(C)(C)O[C@H]21. The summed E-state index contributed by atoms with van der Waals surface area (Å²) in [6.45, 7) is 12.3. The molecule has 1 N–H and O–H groups in total. The Morgan fingerprint density at radius 2 is 1.82 bits per heavy atom. The Morgan fingerprint density at radius 3 is 2.45 bits per heavy atom. The largest absolute Gasteiger partial charge is 0.463 e. The van der Waals surface area contributed by atoms with Gasteiger partial charge in [0, 0.05) is 6.54 Å². The van der Waals surface area contributed by atoms with Crippen molar-refractivity contribution in [2.24, 2.45) is 0 Å². The molecule has 224 valence electrons. The average molecular weight is 606 g/mol. The fourth-order valence-corrected chi connectivity index (χ4v) is 6.70. The molecule has 4 rings (SSSR count). The molecule has 1 unspecified atom stereocenters. The highest BCUT2D eigenvalue weighted by Crippen LogP contribution is 2.61. The number of rotatable bonds is 13. The van der Waals surface area contributed by atoms with Crippen LogP contribution in [0.4, 0.5) is 5.82 Å². The van der Waals surface area contributed by atoms with Gasteiger partial charge in [0.05, 0.1) is 32.8 Å². The maximum Gasteiger partial charge on any atom is 0.373 e. The van der Waals surface area contributed by atoms with Crippen LogP contribution in [0.2, 0.25) is 5.28 Å². The van der Waals surface area contributed by atoms with E-state index in [9.17, 15) is 9.36 Å². The van der Waals surface area contributed by atoms with E-state index in [0.717, 1.165) is 0 Å². The van der Waals surface area contributed by atoms with E-state index in [0.29, 0.717) is 23.5 Å². The number of carbonyl (C=O) groups is 1. The number of esters is 1. The summed E-state index contributed by atoms with van der Waals surface area (Å²) in [5.41, 5.74) is 0.941. The molecule has 2 aromatic heterocycles. The van der Waals surface area contributed by atoms with Crippen LogP contribution in [-0.4, -0.2) is 87.9 Å². The van der Waals surface area contributed by atoms with Crippen molar-refractivity contribution in [3.8, 4) is 0 Å². The van der Waals surface area contributed by atoms with E-state index in [1.807, 2.05) is 6.92 Å². The third kappa shape index (κ3) is 5.73. The van der Waals surface area contributed by atoms with E-state index in [1.54, 1.807) is 45.5 Å². The predicted molar refractivity (Wildman–Crippen MR) is 144 cm³/mol. The van der Waals surface area contributed by atoms with Crippen LogP contribution in [0, 0.1) is 0 Å². The van der Waals surface area contributed by atoms with Crippen molar-refractivity contribution in [3.63, 3.8) is 0 Å². The van der Waals surface area contributed by atoms with Crippen LogP contribution in [0.25, 0.3) is 11.2 Å². The highest BCUT2D eigenvalue weighted by atomic mass is 35.5. The van der Waals surface area contributed by atoms with Crippen molar-refractivity contribution >= 4 is 42.1 Å². The van der Waals surface area contributed by atoms with Crippen molar-refractivity contribution < 1.29 is 42.1 Å². The standard InChI is InChI=1S/C24H37ClN5O9P/c1-8-26-18-15-19(29-22(25)28-18)30(13-27-15)20-17-16(38-23(5,6)39-17)14(37-20)12-34-24(7,21(31)33-9-2)40(32,35-10-3)36-11-4/h13-14,16-17,20H,8-12H2,1-7H3,(H,26,28,29)/t14-,16-,17-,20-,24?/m1/s1. The molecule has 0 aromatic carbocycles. The molecule has 2 aliphatic heterocycles. The summed E-state index contributed by atoms with van der Waals surface area (Å²) in [6, 6.07) is 0. The van der Waals surface area contributed by atoms with Gasteiger partial charge >= 0.3 is 13.6 Å². The number of fused-ring (bicyclic) bond motifs is 2. The summed E-state index contributed by atoms with van der Waals surface area (Å²) in [5.74, 6) is -1.33. The maximum absolute atomic E-state index is 13.8. The molecule has 0 amide bonds. The normalized spacial score (nSPS) is 25.6. The number of halogens is 1. The highest BCUT2D eigenvalue weighted by Gasteiger charge is 2.60. The van der Waals surface area contributed by atoms with Crippen LogP contribution in [0.1, 0.15) is 54.7 Å². The van der Waals surface area contributed by atoms with E-state index in [4.69, 9.17) is 44.3 Å². The second-order valence-electron chi connectivity index (χ2n) is 9.67. The van der Waals surface area contributed by atoms with E-state index in [-0.39, 0.29) is 31.7 Å². The minimum atomic E-state index is -4.13. The van der Waals surface area contributed by atoms with Gasteiger partial charge in [-0.25, -0.2) is 9.78 Å². The summed E-state index contributed by atoms with van der Waals surface area (Å²) in [4.78, 5) is 26.2. The van der Waals surface area contributed by atoms with E-state index in [1.165, 1.54) is 6.92 Å². The fraction of sp³-hybridized carbons (Fsp3) is 0.750. The Hall–Kier alpha value is -1.90. The maximum atomic E-state index is 13.8. The van der Waals surface area contributed by atoms with Crippen molar-refractivity contribution in [2.75, 3.05) is 38.3 Å². The van der Waals surface area contributed by atoms with Gasteiger partial charge in [0.25, 0.3) is 5.34 Å². The smallest absolute Gasteiger partial charge is 0.373 e. The van der Waals surface area contributed by atoms with Gasteiger partial charge in [0.1, 0.15) is 18.3 Å². The van der Waals surface area contributed by atoms with Crippen molar-refractivity contribution in [2.45, 2.75) is 84.1 Å². The quantitative estimate of drug-likeness (QED) is 0.199. The highest BCUT2D eigenvalue weighted by molar-refractivity contribution is 7.56. The first-order valence-electron chi connectivity index (χ1n) is 13.3. The average Bonchev–Trinajstić information content (AvgIpc) is 3.53. The molecule has 0 saturated carbocycles. The van der Waals surface area contributed by atoms with Gasteiger partial charge in [-0.3, -0.25) is 9.13 Å². The van der Waals surface area contributed by atoms with E-state index in [2.05, 4.69) is 20.3 Å². The van der Waals surface area contributed by atoms with Gasteiger partial charge in [-0.15, -0.1) is 0 Å². The number of imidazole rings is 1. The number of aromatic nitrogens is 4. The number of anilines is 1. The lowest BCUT2D eigenvalue weighted by Crippen LogP contribution is -2.44. The Morgan fingerprint density at radius 1 is 1.15 bits per heavy atom. The molecule has 5 atom stereocenters. The molecule has 0 spiro atoms. The number of carbonyl (C=O) groups excluding carboxylic acids is 1. The zero-order chi connectivity index (χ0) is 29.3. The molecule has 0 aliphatic carbocycles. The Kier molecular flexibility index (Phi) is 9.42. The van der Waals surface area contributed by atoms with Gasteiger partial charge in [-0.05, 0) is 60.1 Å². The first-order valence-corrected chi connectivity index (χ1v) is 15.2. The van der Waals surface area contributed by atoms with E-state index < -0.39 is 49.2 Å². The molecule has 0 radical (unpaired) electrons. The van der Waals surface area contributed by atoms with Crippen LogP contribution in [0.15, 0.2) is 6.33 Å². The Balaban J connectivity index is 1.67. The predicted octanol–water partition coefficient (Wildman–Crippen LogP) is 3.89. The first-order chi connectivity index (χ1) is 18.9. The molecule has 14 nitrogen and oxygen atoms in total. The number of hydrogen-bond donors (Lipinski definition) is 1. The monoisotopic (exact) mass is 605 g/mol. The number of hydrogen-bond acceptors (Lipinski definition) is 13. The van der Waals surface area contributed by atoms with Crippen LogP contribution in [0.5, 0.6) is 0 Å². The fourth-order valence-electron chi connectivity index (χ4n) is 4.77. The van der Waals surface area contributed by atoms with Crippen LogP contribution in [0.3, 0.4) is 0 Å². The van der Waals surface area contributed by atoms with Crippen molar-refractivity contribution in [1.82, 2.24) is 19.5 Å². The van der Waals surface area contributed by atoms with Gasteiger partial charge in [0.15, 0.2) is 29.0 Å². The second-order valence-corrected chi connectivity index (χ2v) is 12.4. The lowest BCUT2D eigenvalue weighted by molar-refractivity contribution is -0.206. The summed E-state index contributed by atoms with van der Waals surface area (Å²) in [7, 11) is -4.13. The molecule has 40 heavy (non-hydrogen) atoms. The zero-order valence-corrected chi connectivity index (χ0v) is 25.4. The Bertz CT molecular complexity index is 1250. The second kappa shape index (κ2) is 12.1.